The predicted octanol–water partition coefficient (Wildman–Crippen LogP) is 2.60. The summed E-state index contributed by atoms with van der Waals surface area (Å²) in [6.45, 7) is 5.88. The van der Waals surface area contributed by atoms with Gasteiger partial charge in [-0.15, -0.1) is 0 Å². The highest BCUT2D eigenvalue weighted by atomic mass is 79.9. The van der Waals surface area contributed by atoms with E-state index in [-0.39, 0.29) is 6.54 Å². The van der Waals surface area contributed by atoms with Gasteiger partial charge in [-0.1, -0.05) is 35.0 Å². The van der Waals surface area contributed by atoms with Crippen molar-refractivity contribution in [3.63, 3.8) is 0 Å². The Morgan fingerprint density at radius 2 is 2.05 bits per heavy atom. The number of carbonyl (C=O) groups is 1. The molecule has 1 aliphatic rings. The van der Waals surface area contributed by atoms with Crippen molar-refractivity contribution in [3.05, 3.63) is 34.3 Å². The van der Waals surface area contributed by atoms with Gasteiger partial charge in [0.25, 0.3) is 0 Å². The third kappa shape index (κ3) is 4.04. The lowest BCUT2D eigenvalue weighted by Gasteiger charge is -2.38. The number of rotatable bonds is 5. The van der Waals surface area contributed by atoms with Gasteiger partial charge in [-0.25, -0.2) is 0 Å². The van der Waals surface area contributed by atoms with Gasteiger partial charge in [-0.3, -0.25) is 14.6 Å². The maximum Gasteiger partial charge on any atom is 0.317 e. The summed E-state index contributed by atoms with van der Waals surface area (Å²) in [5.41, 5.74) is 1.33. The van der Waals surface area contributed by atoms with E-state index in [1.807, 2.05) is 11.0 Å². The Bertz CT molecular complexity index is 459. The number of piperazine rings is 1. The highest BCUT2D eigenvalue weighted by molar-refractivity contribution is 9.10. The van der Waals surface area contributed by atoms with Gasteiger partial charge in [0.05, 0.1) is 6.54 Å². The van der Waals surface area contributed by atoms with Crippen LogP contribution in [0, 0.1) is 0 Å². The Labute approximate surface area is 128 Å². The van der Waals surface area contributed by atoms with Crippen LogP contribution < -0.4 is 0 Å². The van der Waals surface area contributed by atoms with Gasteiger partial charge in [0, 0.05) is 36.7 Å². The largest absolute Gasteiger partial charge is 0.480 e. The van der Waals surface area contributed by atoms with E-state index in [1.165, 1.54) is 5.56 Å². The molecule has 1 aromatic rings. The molecule has 1 atom stereocenters. The molecule has 1 saturated heterocycles. The van der Waals surface area contributed by atoms with Crippen molar-refractivity contribution in [2.45, 2.75) is 19.4 Å². The topological polar surface area (TPSA) is 43.8 Å². The molecular formula is C15H21BrN2O2. The van der Waals surface area contributed by atoms with Crippen molar-refractivity contribution in [1.29, 1.82) is 0 Å². The molecule has 1 heterocycles. The predicted molar refractivity (Wildman–Crippen MR) is 82.8 cm³/mol. The summed E-state index contributed by atoms with van der Waals surface area (Å²) in [6.07, 6.45) is 1.06. The monoisotopic (exact) mass is 340 g/mol. The fraction of sp³-hybridized carbons (Fsp3) is 0.533. The second-order valence-electron chi connectivity index (χ2n) is 5.18. The summed E-state index contributed by atoms with van der Waals surface area (Å²) in [5, 5.41) is 8.84. The van der Waals surface area contributed by atoms with Crippen molar-refractivity contribution >= 4 is 21.9 Å². The van der Waals surface area contributed by atoms with Gasteiger partial charge in [0.15, 0.2) is 0 Å². The summed E-state index contributed by atoms with van der Waals surface area (Å²) in [4.78, 5) is 15.2. The van der Waals surface area contributed by atoms with Crippen molar-refractivity contribution < 1.29 is 9.90 Å². The normalized spacial score (nSPS) is 18.9. The van der Waals surface area contributed by atoms with Crippen LogP contribution in [0.2, 0.25) is 0 Å². The van der Waals surface area contributed by atoms with E-state index < -0.39 is 5.97 Å². The number of carboxylic acids is 1. The Hall–Kier alpha value is -0.910. The Morgan fingerprint density at radius 1 is 1.35 bits per heavy atom. The van der Waals surface area contributed by atoms with Crippen LogP contribution >= 0.6 is 15.9 Å². The molecule has 1 aromatic carbocycles. The Balaban J connectivity index is 1.98. The molecule has 0 bridgehead atoms. The molecular weight excluding hydrogens is 320 g/mol. The third-order valence-corrected chi connectivity index (χ3v) is 4.32. The van der Waals surface area contributed by atoms with Crippen LogP contribution in [0.1, 0.15) is 24.9 Å². The molecule has 4 nitrogen and oxygen atoms in total. The van der Waals surface area contributed by atoms with Crippen molar-refractivity contribution in [3.8, 4) is 0 Å². The maximum absolute atomic E-state index is 10.7. The molecule has 1 aliphatic heterocycles. The van der Waals surface area contributed by atoms with Crippen molar-refractivity contribution in [2.75, 3.05) is 32.7 Å². The summed E-state index contributed by atoms with van der Waals surface area (Å²) in [7, 11) is 0. The average Bonchev–Trinajstić information content (AvgIpc) is 2.41. The number of hydrogen-bond donors (Lipinski definition) is 1. The van der Waals surface area contributed by atoms with E-state index in [0.29, 0.717) is 6.04 Å². The van der Waals surface area contributed by atoms with Crippen molar-refractivity contribution in [1.82, 2.24) is 9.80 Å². The maximum atomic E-state index is 10.7. The molecule has 0 saturated carbocycles. The van der Waals surface area contributed by atoms with Gasteiger partial charge in [0.2, 0.25) is 0 Å². The minimum absolute atomic E-state index is 0.154. The van der Waals surface area contributed by atoms with Crippen LogP contribution in [-0.4, -0.2) is 53.6 Å². The molecule has 1 unspecified atom stereocenters. The summed E-state index contributed by atoms with van der Waals surface area (Å²) >= 11 is 3.53. The van der Waals surface area contributed by atoms with Crippen LogP contribution in [0.3, 0.4) is 0 Å². The fourth-order valence-electron chi connectivity index (χ4n) is 2.84. The van der Waals surface area contributed by atoms with Gasteiger partial charge < -0.3 is 5.11 Å². The second-order valence-corrected chi connectivity index (χ2v) is 6.10. The first kappa shape index (κ1) is 15.5. The smallest absolute Gasteiger partial charge is 0.317 e. The molecule has 0 aliphatic carbocycles. The zero-order valence-electron chi connectivity index (χ0n) is 11.8. The molecule has 20 heavy (non-hydrogen) atoms. The van der Waals surface area contributed by atoms with Crippen LogP contribution in [0.15, 0.2) is 28.7 Å². The van der Waals surface area contributed by atoms with E-state index in [0.717, 1.165) is 37.1 Å². The van der Waals surface area contributed by atoms with Crippen molar-refractivity contribution in [2.24, 2.45) is 0 Å². The zero-order chi connectivity index (χ0) is 14.5. The zero-order valence-corrected chi connectivity index (χ0v) is 13.3. The average molecular weight is 341 g/mol. The lowest BCUT2D eigenvalue weighted by molar-refractivity contribution is -0.138. The molecule has 1 fully saturated rings. The first-order chi connectivity index (χ1) is 9.60. The molecule has 0 amide bonds. The van der Waals surface area contributed by atoms with Crippen LogP contribution in [0.4, 0.5) is 0 Å². The van der Waals surface area contributed by atoms with Crippen LogP contribution in [-0.2, 0) is 4.79 Å². The second kappa shape index (κ2) is 7.20. The van der Waals surface area contributed by atoms with Gasteiger partial charge in [-0.2, -0.15) is 0 Å². The standard InChI is InChI=1S/C15H21BrN2O2/c1-2-14(12-4-3-5-13(16)10-12)18-8-6-17(7-9-18)11-15(19)20/h3-5,10,14H,2,6-9,11H2,1H3,(H,19,20). The van der Waals surface area contributed by atoms with Gasteiger partial charge in [-0.05, 0) is 24.1 Å². The number of hydrogen-bond acceptors (Lipinski definition) is 3. The number of aliphatic carboxylic acids is 1. The number of carboxylic acid groups (broad SMARTS) is 1. The fourth-order valence-corrected chi connectivity index (χ4v) is 3.26. The molecule has 1 N–H and O–H groups in total. The number of halogens is 1. The molecule has 2 rings (SSSR count). The van der Waals surface area contributed by atoms with Crippen LogP contribution in [0.25, 0.3) is 0 Å². The van der Waals surface area contributed by atoms with E-state index in [9.17, 15) is 4.79 Å². The third-order valence-electron chi connectivity index (χ3n) is 3.83. The molecule has 0 spiro atoms. The Kier molecular flexibility index (Phi) is 5.57. The first-order valence-corrected chi connectivity index (χ1v) is 7.83. The quantitative estimate of drug-likeness (QED) is 0.894. The Morgan fingerprint density at radius 3 is 2.60 bits per heavy atom. The summed E-state index contributed by atoms with van der Waals surface area (Å²) < 4.78 is 1.11. The lowest BCUT2D eigenvalue weighted by atomic mass is 10.0. The molecule has 0 radical (unpaired) electrons. The minimum atomic E-state index is -0.738. The molecule has 0 aromatic heterocycles. The van der Waals surface area contributed by atoms with Crippen LogP contribution in [0.5, 0.6) is 0 Å². The highest BCUT2D eigenvalue weighted by Gasteiger charge is 2.24. The summed E-state index contributed by atoms with van der Waals surface area (Å²) in [6, 6.07) is 8.88. The van der Waals surface area contributed by atoms with E-state index >= 15 is 0 Å². The van der Waals surface area contributed by atoms with E-state index in [4.69, 9.17) is 5.11 Å². The van der Waals surface area contributed by atoms with E-state index in [2.05, 4.69) is 46.0 Å². The first-order valence-electron chi connectivity index (χ1n) is 7.04. The van der Waals surface area contributed by atoms with Gasteiger partial charge in [0.1, 0.15) is 0 Å². The molecule has 5 heteroatoms. The minimum Gasteiger partial charge on any atom is -0.480 e. The lowest BCUT2D eigenvalue weighted by Crippen LogP contribution is -2.48. The van der Waals surface area contributed by atoms with Gasteiger partial charge >= 0.3 is 5.97 Å². The highest BCUT2D eigenvalue weighted by Crippen LogP contribution is 2.27. The SMILES string of the molecule is CCC(c1cccc(Br)c1)N1CCN(CC(=O)O)CC1. The molecule has 110 valence electrons. The summed E-state index contributed by atoms with van der Waals surface area (Å²) in [5.74, 6) is -0.738. The number of benzene rings is 1. The number of nitrogens with zero attached hydrogens (tertiary/aromatic N) is 2. The van der Waals surface area contributed by atoms with E-state index in [1.54, 1.807) is 0 Å².